The molecule has 1 aromatic heterocycles. The van der Waals surface area contributed by atoms with Gasteiger partial charge >= 0.3 is 5.69 Å². The van der Waals surface area contributed by atoms with Crippen LogP contribution in [0.3, 0.4) is 0 Å². The molecule has 9 nitrogen and oxygen atoms in total. The summed E-state index contributed by atoms with van der Waals surface area (Å²) in [5, 5.41) is 0. The number of ether oxygens (including phenoxy) is 1. The molecule has 1 atom stereocenters. The summed E-state index contributed by atoms with van der Waals surface area (Å²) >= 11 is 0. The highest BCUT2D eigenvalue weighted by molar-refractivity contribution is 5.95. The number of carbonyl (C=O) groups excluding carboxylic acids is 2. The first-order chi connectivity index (χ1) is 12.4. The van der Waals surface area contributed by atoms with Crippen molar-refractivity contribution in [2.75, 3.05) is 39.9 Å². The number of piperidine rings is 1. The van der Waals surface area contributed by atoms with Crippen LogP contribution in [0.1, 0.15) is 29.6 Å². The standard InChI is InChI=1S/C17H24N4O5/c1-19-10-12(13(22)18-16(19)25)14(23)21-7-5-17(11-21)4-3-6-20(15(17)24)8-9-26-2/h10H,3-9,11H2,1-2H3,(H,18,22,25). The second kappa shape index (κ2) is 7.06. The summed E-state index contributed by atoms with van der Waals surface area (Å²) in [5.41, 5.74) is -1.92. The molecule has 2 aliphatic rings. The zero-order valence-corrected chi connectivity index (χ0v) is 15.1. The Bertz CT molecular complexity index is 829. The molecule has 2 fully saturated rings. The number of H-pyrrole nitrogens is 1. The number of hydrogen-bond donors (Lipinski definition) is 1. The van der Waals surface area contributed by atoms with Crippen LogP contribution < -0.4 is 11.2 Å². The minimum absolute atomic E-state index is 0.0606. The molecule has 3 heterocycles. The number of rotatable bonds is 4. The van der Waals surface area contributed by atoms with Crippen LogP contribution >= 0.6 is 0 Å². The topological polar surface area (TPSA) is 105 Å². The zero-order valence-electron chi connectivity index (χ0n) is 15.1. The van der Waals surface area contributed by atoms with Gasteiger partial charge in [0, 0.05) is 46.5 Å². The zero-order chi connectivity index (χ0) is 18.9. The summed E-state index contributed by atoms with van der Waals surface area (Å²) < 4.78 is 6.24. The van der Waals surface area contributed by atoms with Crippen LogP contribution in [0.15, 0.2) is 15.8 Å². The smallest absolute Gasteiger partial charge is 0.328 e. The lowest BCUT2D eigenvalue weighted by molar-refractivity contribution is -0.146. The van der Waals surface area contributed by atoms with Crippen LogP contribution in [0, 0.1) is 5.41 Å². The van der Waals surface area contributed by atoms with E-state index in [-0.39, 0.29) is 11.5 Å². The van der Waals surface area contributed by atoms with Crippen LogP contribution in [0.2, 0.25) is 0 Å². The van der Waals surface area contributed by atoms with Crippen molar-refractivity contribution in [3.8, 4) is 0 Å². The van der Waals surface area contributed by atoms with E-state index in [0.717, 1.165) is 12.8 Å². The summed E-state index contributed by atoms with van der Waals surface area (Å²) in [6.07, 6.45) is 3.47. The Labute approximate surface area is 150 Å². The number of aromatic nitrogens is 2. The normalized spacial score (nSPS) is 23.1. The third-order valence-electron chi connectivity index (χ3n) is 5.37. The molecule has 1 aromatic rings. The minimum atomic E-state index is -0.698. The average molecular weight is 364 g/mol. The summed E-state index contributed by atoms with van der Waals surface area (Å²) in [6.45, 7) is 2.46. The van der Waals surface area contributed by atoms with Gasteiger partial charge in [0.25, 0.3) is 11.5 Å². The summed E-state index contributed by atoms with van der Waals surface area (Å²) in [7, 11) is 3.07. The fourth-order valence-electron chi connectivity index (χ4n) is 3.88. The predicted octanol–water partition coefficient (Wildman–Crippen LogP) is -0.825. The molecule has 0 saturated carbocycles. The number of amides is 2. The van der Waals surface area contributed by atoms with Crippen LogP contribution in [0.5, 0.6) is 0 Å². The van der Waals surface area contributed by atoms with Gasteiger partial charge in [0.15, 0.2) is 0 Å². The Kier molecular flexibility index (Phi) is 4.99. The van der Waals surface area contributed by atoms with E-state index in [0.29, 0.717) is 39.2 Å². The monoisotopic (exact) mass is 364 g/mol. The number of aryl methyl sites for hydroxylation is 1. The van der Waals surface area contributed by atoms with Crippen molar-refractivity contribution >= 4 is 11.8 Å². The van der Waals surface area contributed by atoms with E-state index in [1.807, 2.05) is 0 Å². The maximum atomic E-state index is 12.9. The van der Waals surface area contributed by atoms with Crippen molar-refractivity contribution in [3.05, 3.63) is 32.6 Å². The first-order valence-corrected chi connectivity index (χ1v) is 8.75. The number of hydrogen-bond acceptors (Lipinski definition) is 5. The van der Waals surface area contributed by atoms with Crippen molar-refractivity contribution in [2.24, 2.45) is 12.5 Å². The molecule has 1 N–H and O–H groups in total. The largest absolute Gasteiger partial charge is 0.383 e. The highest BCUT2D eigenvalue weighted by Gasteiger charge is 2.49. The Morgan fingerprint density at radius 3 is 2.77 bits per heavy atom. The molecular weight excluding hydrogens is 340 g/mol. The molecule has 2 amide bonds. The fourth-order valence-corrected chi connectivity index (χ4v) is 3.88. The number of methoxy groups -OCH3 is 1. The van der Waals surface area contributed by atoms with E-state index >= 15 is 0 Å². The minimum Gasteiger partial charge on any atom is -0.383 e. The van der Waals surface area contributed by atoms with Gasteiger partial charge in [-0.05, 0) is 19.3 Å². The number of aromatic amines is 1. The maximum Gasteiger partial charge on any atom is 0.328 e. The Morgan fingerprint density at radius 1 is 1.27 bits per heavy atom. The van der Waals surface area contributed by atoms with E-state index in [4.69, 9.17) is 4.74 Å². The molecule has 2 saturated heterocycles. The molecule has 0 radical (unpaired) electrons. The second-order valence-corrected chi connectivity index (χ2v) is 7.06. The van der Waals surface area contributed by atoms with Gasteiger partial charge in [0.05, 0.1) is 12.0 Å². The number of carbonyl (C=O) groups is 2. The van der Waals surface area contributed by atoms with Gasteiger partial charge in [-0.15, -0.1) is 0 Å². The van der Waals surface area contributed by atoms with E-state index in [9.17, 15) is 19.2 Å². The molecule has 2 aliphatic heterocycles. The third-order valence-corrected chi connectivity index (χ3v) is 5.37. The molecule has 0 bridgehead atoms. The first-order valence-electron chi connectivity index (χ1n) is 8.75. The van der Waals surface area contributed by atoms with Crippen LogP contribution in [-0.2, 0) is 16.6 Å². The first kappa shape index (κ1) is 18.4. The Morgan fingerprint density at radius 2 is 2.04 bits per heavy atom. The van der Waals surface area contributed by atoms with Crippen molar-refractivity contribution < 1.29 is 14.3 Å². The lowest BCUT2D eigenvalue weighted by Crippen LogP contribution is -2.51. The van der Waals surface area contributed by atoms with Gasteiger partial charge in [0.1, 0.15) is 5.56 Å². The number of nitrogens with zero attached hydrogens (tertiary/aromatic N) is 3. The molecule has 1 unspecified atom stereocenters. The lowest BCUT2D eigenvalue weighted by Gasteiger charge is -2.39. The van der Waals surface area contributed by atoms with Crippen LogP contribution in [0.25, 0.3) is 0 Å². The van der Waals surface area contributed by atoms with E-state index in [1.54, 1.807) is 16.9 Å². The summed E-state index contributed by atoms with van der Waals surface area (Å²) in [5.74, 6) is -0.383. The van der Waals surface area contributed by atoms with Gasteiger partial charge < -0.3 is 19.1 Å². The molecule has 0 aliphatic carbocycles. The quantitative estimate of drug-likeness (QED) is 0.751. The van der Waals surface area contributed by atoms with Gasteiger partial charge in [-0.25, -0.2) is 4.79 Å². The van der Waals surface area contributed by atoms with Gasteiger partial charge in [-0.2, -0.15) is 0 Å². The van der Waals surface area contributed by atoms with Crippen LogP contribution in [0.4, 0.5) is 0 Å². The number of likely N-dealkylation sites (tertiary alicyclic amines) is 2. The van der Waals surface area contributed by atoms with E-state index in [1.165, 1.54) is 17.8 Å². The summed E-state index contributed by atoms with van der Waals surface area (Å²) in [4.78, 5) is 54.7. The molecule has 26 heavy (non-hydrogen) atoms. The van der Waals surface area contributed by atoms with E-state index in [2.05, 4.69) is 4.98 Å². The predicted molar refractivity (Wildman–Crippen MR) is 92.9 cm³/mol. The van der Waals surface area contributed by atoms with Gasteiger partial charge in [-0.1, -0.05) is 0 Å². The van der Waals surface area contributed by atoms with Crippen molar-refractivity contribution in [1.82, 2.24) is 19.4 Å². The van der Waals surface area contributed by atoms with Crippen molar-refractivity contribution in [2.45, 2.75) is 19.3 Å². The fraction of sp³-hybridized carbons (Fsp3) is 0.647. The Balaban J connectivity index is 1.78. The molecule has 3 rings (SSSR count). The maximum absolute atomic E-state index is 12.9. The molecular formula is C17H24N4O5. The van der Waals surface area contributed by atoms with Gasteiger partial charge in [0.2, 0.25) is 5.91 Å². The summed E-state index contributed by atoms with van der Waals surface area (Å²) in [6, 6.07) is 0. The average Bonchev–Trinajstić information content (AvgIpc) is 3.04. The second-order valence-electron chi connectivity index (χ2n) is 7.06. The van der Waals surface area contributed by atoms with E-state index < -0.39 is 22.6 Å². The number of nitrogens with one attached hydrogen (secondary N) is 1. The SMILES string of the molecule is COCCN1CCCC2(CCN(C(=O)c3cn(C)c(=O)[nH]c3=O)C2)C1=O. The highest BCUT2D eigenvalue weighted by Crippen LogP contribution is 2.40. The highest BCUT2D eigenvalue weighted by atomic mass is 16.5. The lowest BCUT2D eigenvalue weighted by atomic mass is 9.78. The Hall–Kier alpha value is -2.42. The van der Waals surface area contributed by atoms with Crippen molar-refractivity contribution in [1.29, 1.82) is 0 Å². The molecule has 1 spiro atoms. The van der Waals surface area contributed by atoms with Crippen LogP contribution in [-0.4, -0.2) is 71.1 Å². The third kappa shape index (κ3) is 3.18. The van der Waals surface area contributed by atoms with Gasteiger partial charge in [-0.3, -0.25) is 19.4 Å². The molecule has 9 heteroatoms. The molecule has 142 valence electrons. The van der Waals surface area contributed by atoms with Crippen molar-refractivity contribution in [3.63, 3.8) is 0 Å². The molecule has 0 aromatic carbocycles.